The lowest BCUT2D eigenvalue weighted by molar-refractivity contribution is 0.571. The van der Waals surface area contributed by atoms with Gasteiger partial charge in [0.25, 0.3) is 0 Å². The summed E-state index contributed by atoms with van der Waals surface area (Å²) in [5.41, 5.74) is 8.16. The Morgan fingerprint density at radius 1 is 1.18 bits per heavy atom. The molecule has 1 rings (SSSR count). The number of rotatable bonds is 2. The summed E-state index contributed by atoms with van der Waals surface area (Å²) >= 11 is 0. The third kappa shape index (κ3) is 7.05. The van der Waals surface area contributed by atoms with E-state index in [0.29, 0.717) is 0 Å². The van der Waals surface area contributed by atoms with Crippen LogP contribution in [-0.4, -0.2) is 6.04 Å². The van der Waals surface area contributed by atoms with Gasteiger partial charge in [0.05, 0.1) is 0 Å². The molecule has 94 valence electrons. The lowest BCUT2D eigenvalue weighted by atomic mass is 9.97. The van der Waals surface area contributed by atoms with E-state index in [1.54, 1.807) is 0 Å². The maximum absolute atomic E-state index is 5.75. The van der Waals surface area contributed by atoms with Crippen LogP contribution in [0.25, 0.3) is 0 Å². The first-order chi connectivity index (χ1) is 7.37. The van der Waals surface area contributed by atoms with Crippen molar-refractivity contribution in [3.05, 3.63) is 35.4 Å². The van der Waals surface area contributed by atoms with Crippen LogP contribution in [0, 0.1) is 17.3 Å². The first-order valence-electron chi connectivity index (χ1n) is 5.74. The van der Waals surface area contributed by atoms with Gasteiger partial charge in [-0.05, 0) is 51.8 Å². The maximum atomic E-state index is 5.75. The van der Waals surface area contributed by atoms with Crippen molar-refractivity contribution < 1.29 is 0 Å². The molecule has 0 aromatic heterocycles. The fourth-order valence-electron chi connectivity index (χ4n) is 1.36. The molecule has 0 spiro atoms. The zero-order valence-electron chi connectivity index (χ0n) is 11.1. The topological polar surface area (TPSA) is 26.0 Å². The van der Waals surface area contributed by atoms with Gasteiger partial charge in [-0.3, -0.25) is 0 Å². The molecule has 0 radical (unpaired) electrons. The van der Waals surface area contributed by atoms with Crippen LogP contribution in [0.15, 0.2) is 24.3 Å². The maximum Gasteiger partial charge on any atom is 0.0245 e. The van der Waals surface area contributed by atoms with Crippen LogP contribution in [0.3, 0.4) is 0 Å². The van der Waals surface area contributed by atoms with E-state index in [-0.39, 0.29) is 23.9 Å². The van der Waals surface area contributed by atoms with Gasteiger partial charge in [0, 0.05) is 17.0 Å². The van der Waals surface area contributed by atoms with Gasteiger partial charge in [0.2, 0.25) is 0 Å². The van der Waals surface area contributed by atoms with E-state index < -0.39 is 0 Å². The third-order valence-electron chi connectivity index (χ3n) is 2.09. The molecular weight excluding hydrogens is 230 g/mol. The molecule has 0 aliphatic rings. The van der Waals surface area contributed by atoms with E-state index in [1.807, 2.05) is 6.92 Å². The van der Waals surface area contributed by atoms with Gasteiger partial charge in [-0.1, -0.05) is 24.0 Å². The van der Waals surface area contributed by atoms with Crippen molar-refractivity contribution in [3.63, 3.8) is 0 Å². The Hall–Kier alpha value is -0.970. The van der Waals surface area contributed by atoms with Gasteiger partial charge in [-0.2, -0.15) is 0 Å². The highest BCUT2D eigenvalue weighted by Gasteiger charge is 2.03. The zero-order valence-corrected chi connectivity index (χ0v) is 11.9. The van der Waals surface area contributed by atoms with E-state index in [2.05, 4.69) is 56.9 Å². The number of nitrogens with two attached hydrogens (primary N) is 1. The molecule has 0 aliphatic carbocycles. The molecule has 2 N–H and O–H groups in total. The van der Waals surface area contributed by atoms with Gasteiger partial charge in [0.15, 0.2) is 0 Å². The highest BCUT2D eigenvalue weighted by Crippen LogP contribution is 2.11. The average Bonchev–Trinajstić information content (AvgIpc) is 2.14. The van der Waals surface area contributed by atoms with E-state index in [4.69, 9.17) is 5.73 Å². The van der Waals surface area contributed by atoms with E-state index in [1.165, 1.54) is 5.56 Å². The molecule has 0 saturated heterocycles. The molecule has 17 heavy (non-hydrogen) atoms. The van der Waals surface area contributed by atoms with Crippen molar-refractivity contribution in [3.8, 4) is 11.8 Å². The van der Waals surface area contributed by atoms with Gasteiger partial charge in [0.1, 0.15) is 0 Å². The molecule has 0 aliphatic heterocycles. The van der Waals surface area contributed by atoms with Gasteiger partial charge in [-0.25, -0.2) is 0 Å². The van der Waals surface area contributed by atoms with Crippen LogP contribution < -0.4 is 5.73 Å². The molecule has 1 aromatic carbocycles. The highest BCUT2D eigenvalue weighted by molar-refractivity contribution is 5.85. The van der Waals surface area contributed by atoms with Crippen LogP contribution in [0.1, 0.15) is 38.8 Å². The number of hydrogen-bond donors (Lipinski definition) is 1. The Balaban J connectivity index is 0.00000256. The lowest BCUT2D eigenvalue weighted by Crippen LogP contribution is -2.17. The van der Waals surface area contributed by atoms with Crippen molar-refractivity contribution in [1.82, 2.24) is 0 Å². The number of hydrogen-bond acceptors (Lipinski definition) is 1. The standard InChI is InChI=1S/C15H21N.ClH/c1-12(16)11-14-7-5-13(6-8-14)9-10-15(2,3)4;/h5-8,12H,11,16H2,1-4H3;1H. The van der Waals surface area contributed by atoms with E-state index in [9.17, 15) is 0 Å². The second-order valence-electron chi connectivity index (χ2n) is 5.38. The monoisotopic (exact) mass is 251 g/mol. The predicted octanol–water partition coefficient (Wildman–Crippen LogP) is 3.40. The minimum atomic E-state index is 0. The van der Waals surface area contributed by atoms with Crippen molar-refractivity contribution in [1.29, 1.82) is 0 Å². The van der Waals surface area contributed by atoms with Crippen LogP contribution in [-0.2, 0) is 6.42 Å². The summed E-state index contributed by atoms with van der Waals surface area (Å²) in [6.45, 7) is 8.37. The number of benzene rings is 1. The smallest absolute Gasteiger partial charge is 0.0245 e. The van der Waals surface area contributed by atoms with Crippen LogP contribution in [0.2, 0.25) is 0 Å². The summed E-state index contributed by atoms with van der Waals surface area (Å²) in [5, 5.41) is 0. The molecule has 0 bridgehead atoms. The Morgan fingerprint density at radius 3 is 2.12 bits per heavy atom. The van der Waals surface area contributed by atoms with Crippen LogP contribution >= 0.6 is 12.4 Å². The Morgan fingerprint density at radius 2 is 1.71 bits per heavy atom. The molecule has 0 amide bonds. The predicted molar refractivity (Wildman–Crippen MR) is 77.4 cm³/mol. The highest BCUT2D eigenvalue weighted by atomic mass is 35.5. The van der Waals surface area contributed by atoms with Crippen LogP contribution in [0.5, 0.6) is 0 Å². The lowest BCUT2D eigenvalue weighted by Gasteiger charge is -2.07. The molecule has 0 fully saturated rings. The zero-order chi connectivity index (χ0) is 12.2. The molecule has 1 nitrogen and oxygen atoms in total. The van der Waals surface area contributed by atoms with Gasteiger partial charge >= 0.3 is 0 Å². The quantitative estimate of drug-likeness (QED) is 0.802. The summed E-state index contributed by atoms with van der Waals surface area (Å²) in [6, 6.07) is 8.56. The first kappa shape index (κ1) is 16.0. The Kier molecular flexibility index (Phi) is 6.31. The Bertz CT molecular complexity index is 388. The molecular formula is C15H22ClN. The van der Waals surface area contributed by atoms with E-state index >= 15 is 0 Å². The first-order valence-corrected chi connectivity index (χ1v) is 5.74. The van der Waals surface area contributed by atoms with Crippen molar-refractivity contribution in [2.24, 2.45) is 11.1 Å². The summed E-state index contributed by atoms with van der Waals surface area (Å²) < 4.78 is 0. The fraction of sp³-hybridized carbons (Fsp3) is 0.467. The minimum absolute atomic E-state index is 0. The summed E-state index contributed by atoms with van der Waals surface area (Å²) in [4.78, 5) is 0. The van der Waals surface area contributed by atoms with Gasteiger partial charge in [-0.15, -0.1) is 12.4 Å². The average molecular weight is 252 g/mol. The largest absolute Gasteiger partial charge is 0.328 e. The van der Waals surface area contributed by atoms with Crippen molar-refractivity contribution >= 4 is 12.4 Å². The second-order valence-corrected chi connectivity index (χ2v) is 5.38. The van der Waals surface area contributed by atoms with E-state index in [0.717, 1.165) is 12.0 Å². The van der Waals surface area contributed by atoms with Gasteiger partial charge < -0.3 is 5.73 Å². The second kappa shape index (κ2) is 6.69. The fourth-order valence-corrected chi connectivity index (χ4v) is 1.36. The molecule has 1 unspecified atom stereocenters. The van der Waals surface area contributed by atoms with Crippen LogP contribution in [0.4, 0.5) is 0 Å². The molecule has 1 aromatic rings. The minimum Gasteiger partial charge on any atom is -0.328 e. The Labute approximate surface area is 111 Å². The summed E-state index contributed by atoms with van der Waals surface area (Å²) in [6.07, 6.45) is 0.924. The summed E-state index contributed by atoms with van der Waals surface area (Å²) in [5.74, 6) is 6.41. The normalized spacial score (nSPS) is 12.1. The summed E-state index contributed by atoms with van der Waals surface area (Å²) in [7, 11) is 0. The van der Waals surface area contributed by atoms with Crippen molar-refractivity contribution in [2.45, 2.75) is 40.2 Å². The molecule has 1 atom stereocenters. The third-order valence-corrected chi connectivity index (χ3v) is 2.09. The molecule has 0 heterocycles. The SMILES string of the molecule is CC(N)Cc1ccc(C#CC(C)(C)C)cc1.Cl. The molecule has 2 heteroatoms. The number of halogens is 1. The van der Waals surface area contributed by atoms with Crippen molar-refractivity contribution in [2.75, 3.05) is 0 Å². The molecule has 0 saturated carbocycles.